The summed E-state index contributed by atoms with van der Waals surface area (Å²) in [6.07, 6.45) is 3.51. The third kappa shape index (κ3) is 7.08. The van der Waals surface area contributed by atoms with Gasteiger partial charge >= 0.3 is 0 Å². The first-order chi connectivity index (χ1) is 4.13. The van der Waals surface area contributed by atoms with Crippen molar-refractivity contribution in [3.8, 4) is 0 Å². The van der Waals surface area contributed by atoms with Gasteiger partial charge in [0.2, 0.25) is 0 Å². The highest BCUT2D eigenvalue weighted by Gasteiger charge is 1.77. The Morgan fingerprint density at radius 1 is 1.44 bits per heavy atom. The molecule has 0 N–H and O–H groups in total. The summed E-state index contributed by atoms with van der Waals surface area (Å²) in [6.45, 7) is 4.23. The van der Waals surface area contributed by atoms with Crippen LogP contribution in [-0.4, -0.2) is 0 Å². The lowest BCUT2D eigenvalue weighted by molar-refractivity contribution is 0.640. The minimum absolute atomic E-state index is 0.354. The van der Waals surface area contributed by atoms with E-state index in [1.807, 2.05) is 0 Å². The SMILES string of the molecule is C=C(F)/C=C\C=C(/C)F. The average Bonchev–Trinajstić information content (AvgIpc) is 1.63. The smallest absolute Gasteiger partial charge is 0.116 e. The van der Waals surface area contributed by atoms with Crippen LogP contribution in [0.4, 0.5) is 8.78 Å². The Morgan fingerprint density at radius 2 is 2.00 bits per heavy atom. The molecule has 9 heavy (non-hydrogen) atoms. The van der Waals surface area contributed by atoms with Gasteiger partial charge in [-0.2, -0.15) is 0 Å². The molecule has 0 fully saturated rings. The second-order valence-corrected chi connectivity index (χ2v) is 1.56. The second-order valence-electron chi connectivity index (χ2n) is 1.56. The highest BCUT2D eigenvalue weighted by atomic mass is 19.1. The van der Waals surface area contributed by atoms with Crippen LogP contribution in [0.1, 0.15) is 6.92 Å². The van der Waals surface area contributed by atoms with Gasteiger partial charge < -0.3 is 0 Å². The quantitative estimate of drug-likeness (QED) is 0.504. The van der Waals surface area contributed by atoms with Crippen LogP contribution in [-0.2, 0) is 0 Å². The fraction of sp³-hybridized carbons (Fsp3) is 0.143. The van der Waals surface area contributed by atoms with Gasteiger partial charge in [0.05, 0.1) is 5.83 Å². The van der Waals surface area contributed by atoms with Gasteiger partial charge in [-0.3, -0.25) is 0 Å². The van der Waals surface area contributed by atoms with Crippen LogP contribution in [0, 0.1) is 0 Å². The molecule has 0 bridgehead atoms. The van der Waals surface area contributed by atoms with E-state index >= 15 is 0 Å². The van der Waals surface area contributed by atoms with E-state index in [-0.39, 0.29) is 5.83 Å². The Labute approximate surface area is 53.2 Å². The fourth-order valence-corrected chi connectivity index (χ4v) is 0.285. The summed E-state index contributed by atoms with van der Waals surface area (Å²) < 4.78 is 23.5. The topological polar surface area (TPSA) is 0 Å². The third-order valence-corrected chi connectivity index (χ3v) is 0.603. The van der Waals surface area contributed by atoms with E-state index in [4.69, 9.17) is 0 Å². The van der Waals surface area contributed by atoms with Crippen molar-refractivity contribution in [3.05, 3.63) is 36.5 Å². The molecule has 0 amide bonds. The van der Waals surface area contributed by atoms with Gasteiger partial charge in [-0.15, -0.1) is 0 Å². The van der Waals surface area contributed by atoms with Crippen LogP contribution in [0.15, 0.2) is 36.5 Å². The van der Waals surface area contributed by atoms with E-state index in [1.54, 1.807) is 0 Å². The molecule has 2 heteroatoms. The van der Waals surface area contributed by atoms with Gasteiger partial charge in [0.25, 0.3) is 0 Å². The molecule has 0 heterocycles. The van der Waals surface area contributed by atoms with Crippen molar-refractivity contribution in [2.75, 3.05) is 0 Å². The molecule has 0 aliphatic carbocycles. The molecule has 0 nitrogen and oxygen atoms in total. The van der Waals surface area contributed by atoms with Crippen molar-refractivity contribution in [2.45, 2.75) is 6.92 Å². The monoisotopic (exact) mass is 130 g/mol. The molecule has 0 saturated heterocycles. The van der Waals surface area contributed by atoms with Crippen molar-refractivity contribution < 1.29 is 8.78 Å². The van der Waals surface area contributed by atoms with Crippen LogP contribution < -0.4 is 0 Å². The highest BCUT2D eigenvalue weighted by Crippen LogP contribution is 1.96. The molecule has 0 aromatic rings. The lowest BCUT2D eigenvalue weighted by Crippen LogP contribution is -1.58. The third-order valence-electron chi connectivity index (χ3n) is 0.603. The molecule has 0 aromatic carbocycles. The van der Waals surface area contributed by atoms with Crippen molar-refractivity contribution in [2.24, 2.45) is 0 Å². The van der Waals surface area contributed by atoms with Crippen molar-refractivity contribution in [1.82, 2.24) is 0 Å². The van der Waals surface area contributed by atoms with E-state index in [0.717, 1.165) is 12.2 Å². The highest BCUT2D eigenvalue weighted by molar-refractivity contribution is 5.14. The zero-order chi connectivity index (χ0) is 7.28. The molecular weight excluding hydrogens is 122 g/mol. The zero-order valence-electron chi connectivity index (χ0n) is 5.20. The molecule has 0 aliphatic heterocycles. The van der Waals surface area contributed by atoms with Gasteiger partial charge in [-0.25, -0.2) is 8.78 Å². The van der Waals surface area contributed by atoms with E-state index in [9.17, 15) is 8.78 Å². The normalized spacial score (nSPS) is 12.6. The maximum Gasteiger partial charge on any atom is 0.116 e. The number of hydrogen-bond donors (Lipinski definition) is 0. The van der Waals surface area contributed by atoms with E-state index in [1.165, 1.54) is 13.0 Å². The summed E-state index contributed by atoms with van der Waals surface area (Å²) in [6, 6.07) is 0. The van der Waals surface area contributed by atoms with E-state index in [0.29, 0.717) is 0 Å². The van der Waals surface area contributed by atoms with Crippen LogP contribution in [0.2, 0.25) is 0 Å². The molecule has 0 spiro atoms. The van der Waals surface area contributed by atoms with Gasteiger partial charge in [-0.05, 0) is 19.1 Å². The molecular formula is C7H8F2. The van der Waals surface area contributed by atoms with Crippen molar-refractivity contribution >= 4 is 0 Å². The Hall–Kier alpha value is -0.920. The Balaban J connectivity index is 3.74. The minimum Gasteiger partial charge on any atom is -0.212 e. The maximum atomic E-state index is 11.8. The second kappa shape index (κ2) is 4.01. The number of hydrogen-bond acceptors (Lipinski definition) is 0. The summed E-state index contributed by atoms with van der Waals surface area (Å²) in [5, 5.41) is 0. The van der Waals surface area contributed by atoms with E-state index in [2.05, 4.69) is 6.58 Å². The first kappa shape index (κ1) is 8.08. The maximum absolute atomic E-state index is 11.8. The van der Waals surface area contributed by atoms with Crippen LogP contribution in [0.3, 0.4) is 0 Å². The predicted molar refractivity (Wildman–Crippen MR) is 34.3 cm³/mol. The average molecular weight is 130 g/mol. The molecule has 0 rings (SSSR count). The lowest BCUT2D eigenvalue weighted by atomic mass is 10.4. The van der Waals surface area contributed by atoms with Gasteiger partial charge in [0.1, 0.15) is 5.83 Å². The first-order valence-corrected chi connectivity index (χ1v) is 2.48. The Morgan fingerprint density at radius 3 is 2.33 bits per heavy atom. The van der Waals surface area contributed by atoms with Crippen LogP contribution >= 0.6 is 0 Å². The Kier molecular flexibility index (Phi) is 3.60. The summed E-state index contributed by atoms with van der Waals surface area (Å²) >= 11 is 0. The minimum atomic E-state index is -0.576. The standard InChI is InChI=1S/C7H8F2/c1-6(8)4-3-5-7(2)9/h3-5H,1H2,2H3/b4-3-,7-5+. The number of allylic oxidation sites excluding steroid dienone is 5. The predicted octanol–water partition coefficient (Wildman–Crippen LogP) is 2.90. The van der Waals surface area contributed by atoms with Gasteiger partial charge in [-0.1, -0.05) is 12.7 Å². The molecule has 0 unspecified atom stereocenters. The van der Waals surface area contributed by atoms with Gasteiger partial charge in [0, 0.05) is 0 Å². The molecule has 0 aromatic heterocycles. The number of halogens is 2. The van der Waals surface area contributed by atoms with Crippen molar-refractivity contribution in [1.29, 1.82) is 0 Å². The molecule has 0 saturated carbocycles. The Bertz CT molecular complexity index is 150. The fourth-order valence-electron chi connectivity index (χ4n) is 0.285. The summed E-state index contributed by atoms with van der Waals surface area (Å²) in [7, 11) is 0. The molecule has 0 aliphatic rings. The summed E-state index contributed by atoms with van der Waals surface area (Å²) in [5.41, 5.74) is 0. The van der Waals surface area contributed by atoms with Crippen molar-refractivity contribution in [3.63, 3.8) is 0 Å². The van der Waals surface area contributed by atoms with Crippen LogP contribution in [0.5, 0.6) is 0 Å². The molecule has 0 atom stereocenters. The largest absolute Gasteiger partial charge is 0.212 e. The van der Waals surface area contributed by atoms with Gasteiger partial charge in [0.15, 0.2) is 0 Å². The zero-order valence-corrected chi connectivity index (χ0v) is 5.20. The van der Waals surface area contributed by atoms with Crippen LogP contribution in [0.25, 0.3) is 0 Å². The lowest BCUT2D eigenvalue weighted by Gasteiger charge is -1.77. The number of rotatable bonds is 2. The molecule has 50 valence electrons. The first-order valence-electron chi connectivity index (χ1n) is 2.48. The van der Waals surface area contributed by atoms with E-state index < -0.39 is 5.83 Å². The molecule has 0 radical (unpaired) electrons. The summed E-state index contributed by atoms with van der Waals surface area (Å²) in [5.74, 6) is -0.931. The summed E-state index contributed by atoms with van der Waals surface area (Å²) in [4.78, 5) is 0.